The van der Waals surface area contributed by atoms with Gasteiger partial charge in [0.2, 0.25) is 0 Å². The fraction of sp³-hybridized carbons (Fsp3) is 0.500. The number of ether oxygens (including phenoxy) is 1. The molecule has 1 fully saturated rings. The minimum atomic E-state index is -3.66. The maximum atomic E-state index is 12.8. The van der Waals surface area contributed by atoms with Gasteiger partial charge in [0.05, 0.1) is 17.4 Å². The van der Waals surface area contributed by atoms with Gasteiger partial charge in [-0.2, -0.15) is 0 Å². The highest BCUT2D eigenvalue weighted by Crippen LogP contribution is 2.37. The molecule has 0 heterocycles. The van der Waals surface area contributed by atoms with E-state index in [1.165, 1.54) is 19.1 Å². The second-order valence-corrected chi connectivity index (χ2v) is 9.13. The fourth-order valence-electron chi connectivity index (χ4n) is 2.85. The lowest BCUT2D eigenvalue weighted by molar-refractivity contribution is -0.133. The molecule has 0 saturated heterocycles. The van der Waals surface area contributed by atoms with Gasteiger partial charge in [0, 0.05) is 24.3 Å². The molecule has 1 aromatic rings. The summed E-state index contributed by atoms with van der Waals surface area (Å²) in [6.45, 7) is 1.58. The molecule has 1 aliphatic rings. The highest BCUT2D eigenvalue weighted by Gasteiger charge is 2.38. The molecule has 1 saturated carbocycles. The summed E-state index contributed by atoms with van der Waals surface area (Å²) < 4.78 is 30.2. The van der Waals surface area contributed by atoms with Crippen molar-refractivity contribution in [2.45, 2.75) is 37.5 Å². The zero-order valence-electron chi connectivity index (χ0n) is 14.8. The molecule has 0 aliphatic heterocycles. The Labute approximate surface area is 168 Å². The van der Waals surface area contributed by atoms with E-state index < -0.39 is 33.1 Å². The Morgan fingerprint density at radius 2 is 1.85 bits per heavy atom. The summed E-state index contributed by atoms with van der Waals surface area (Å²) in [5.74, 6) is -3.02. The number of Topliss-reactive ketones (excluding diaryl/α,β-unsaturated/α-hetero) is 3. The average Bonchev–Trinajstić information content (AvgIpc) is 2.62. The first-order valence-electron chi connectivity index (χ1n) is 8.58. The molecule has 0 spiro atoms. The minimum Gasteiger partial charge on any atom is -0.491 e. The van der Waals surface area contributed by atoms with Crippen LogP contribution in [0.1, 0.15) is 43.0 Å². The Kier molecular flexibility index (Phi) is 7.42. The van der Waals surface area contributed by atoms with Gasteiger partial charge in [0.15, 0.2) is 32.9 Å². The van der Waals surface area contributed by atoms with E-state index in [-0.39, 0.29) is 46.4 Å². The number of ketones is 3. The van der Waals surface area contributed by atoms with Crippen LogP contribution in [0, 0.1) is 5.92 Å². The van der Waals surface area contributed by atoms with E-state index in [0.717, 1.165) is 0 Å². The second-order valence-electron chi connectivity index (χ2n) is 6.13. The van der Waals surface area contributed by atoms with Gasteiger partial charge < -0.3 is 4.74 Å². The van der Waals surface area contributed by atoms with Gasteiger partial charge in [-0.3, -0.25) is 14.4 Å². The molecular weight excluding hydrogens is 415 g/mol. The van der Waals surface area contributed by atoms with Crippen molar-refractivity contribution in [3.05, 3.63) is 22.7 Å². The zero-order chi connectivity index (χ0) is 20.2. The van der Waals surface area contributed by atoms with Gasteiger partial charge in [0.25, 0.3) is 0 Å². The van der Waals surface area contributed by atoms with Crippen LogP contribution in [-0.4, -0.2) is 44.0 Å². The third-order valence-corrected chi connectivity index (χ3v) is 6.71. The first-order valence-corrected chi connectivity index (χ1v) is 11.1. The number of hydrogen-bond acceptors (Lipinski definition) is 6. The van der Waals surface area contributed by atoms with Gasteiger partial charge in [-0.1, -0.05) is 18.5 Å². The van der Waals surface area contributed by atoms with Crippen molar-refractivity contribution in [2.75, 3.05) is 18.2 Å². The summed E-state index contributed by atoms with van der Waals surface area (Å²) in [7, 11) is -3.66. The van der Waals surface area contributed by atoms with Crippen LogP contribution in [0.25, 0.3) is 0 Å². The second kappa shape index (κ2) is 9.17. The van der Waals surface area contributed by atoms with Gasteiger partial charge in [0.1, 0.15) is 10.8 Å². The molecule has 9 heteroatoms. The van der Waals surface area contributed by atoms with E-state index in [9.17, 15) is 22.8 Å². The van der Waals surface area contributed by atoms with Crippen molar-refractivity contribution < 1.29 is 27.5 Å². The monoisotopic (exact) mass is 434 g/mol. The number of halogens is 2. The van der Waals surface area contributed by atoms with E-state index in [1.54, 1.807) is 0 Å². The molecule has 0 aromatic heterocycles. The van der Waals surface area contributed by atoms with Crippen LogP contribution in [0.3, 0.4) is 0 Å². The molecule has 6 nitrogen and oxygen atoms in total. The quantitative estimate of drug-likeness (QED) is 0.269. The number of carbonyl (C=O) groups is 3. The molecule has 0 atom stereocenters. The van der Waals surface area contributed by atoms with Crippen molar-refractivity contribution in [1.29, 1.82) is 0 Å². The van der Waals surface area contributed by atoms with Gasteiger partial charge >= 0.3 is 0 Å². The Bertz CT molecular complexity index is 847. The lowest BCUT2D eigenvalue weighted by atomic mass is 9.81. The highest BCUT2D eigenvalue weighted by molar-refractivity contribution is 7.91. The Morgan fingerprint density at radius 1 is 1.22 bits per heavy atom. The Hall–Kier alpha value is -1.44. The SMILES string of the molecule is CCS(=O)(=O)c1ccc(C(=O)C2C(=O)CCCC2=O)c(Cl)c1OCCCCl. The van der Waals surface area contributed by atoms with Crippen LogP contribution >= 0.6 is 23.2 Å². The first-order chi connectivity index (χ1) is 12.7. The Morgan fingerprint density at radius 3 is 2.41 bits per heavy atom. The number of hydrogen-bond donors (Lipinski definition) is 0. The number of sulfone groups is 1. The smallest absolute Gasteiger partial charge is 0.182 e. The van der Waals surface area contributed by atoms with Crippen molar-refractivity contribution >= 4 is 50.4 Å². The first kappa shape index (κ1) is 21.9. The summed E-state index contributed by atoms with van der Waals surface area (Å²) in [6.07, 6.45) is 1.18. The fourth-order valence-corrected chi connectivity index (χ4v) is 4.35. The summed E-state index contributed by atoms with van der Waals surface area (Å²) in [5.41, 5.74) is -0.0961. The molecule has 0 bridgehead atoms. The number of rotatable bonds is 8. The molecule has 1 aromatic carbocycles. The molecule has 0 N–H and O–H groups in total. The average molecular weight is 435 g/mol. The third-order valence-electron chi connectivity index (χ3n) is 4.32. The van der Waals surface area contributed by atoms with Crippen molar-refractivity contribution in [3.63, 3.8) is 0 Å². The summed E-state index contributed by atoms with van der Waals surface area (Å²) in [6, 6.07) is 2.46. The molecule has 0 unspecified atom stereocenters. The van der Waals surface area contributed by atoms with Crippen molar-refractivity contribution in [3.8, 4) is 5.75 Å². The summed E-state index contributed by atoms with van der Waals surface area (Å²) in [5, 5.41) is -0.213. The number of benzene rings is 1. The van der Waals surface area contributed by atoms with E-state index in [1.807, 2.05) is 0 Å². The summed E-state index contributed by atoms with van der Waals surface area (Å²) in [4.78, 5) is 36.8. The molecular formula is C18H20Cl2O6S. The lowest BCUT2D eigenvalue weighted by Gasteiger charge is -2.20. The number of carbonyl (C=O) groups excluding carboxylic acids is 3. The standard InChI is InChI=1S/C18H20Cl2O6S/c1-2-27(24,25)14-8-7-11(16(20)18(14)26-10-4-9-19)17(23)15-12(21)5-3-6-13(15)22/h7-8,15H,2-6,9-10H2,1H3. The molecule has 0 amide bonds. The van der Waals surface area contributed by atoms with E-state index in [2.05, 4.69) is 0 Å². The van der Waals surface area contributed by atoms with Crippen LogP contribution in [-0.2, 0) is 19.4 Å². The van der Waals surface area contributed by atoms with Gasteiger partial charge in [-0.15, -0.1) is 11.6 Å². The maximum absolute atomic E-state index is 12.8. The van der Waals surface area contributed by atoms with Gasteiger partial charge in [-0.25, -0.2) is 8.42 Å². The molecule has 1 aliphatic carbocycles. The zero-order valence-corrected chi connectivity index (χ0v) is 17.1. The lowest BCUT2D eigenvalue weighted by Crippen LogP contribution is -2.35. The molecule has 2 rings (SSSR count). The summed E-state index contributed by atoms with van der Waals surface area (Å²) >= 11 is 11.9. The van der Waals surface area contributed by atoms with Gasteiger partial charge in [-0.05, 0) is 25.0 Å². The highest BCUT2D eigenvalue weighted by atomic mass is 35.5. The van der Waals surface area contributed by atoms with Crippen LogP contribution in [0.5, 0.6) is 5.75 Å². The van der Waals surface area contributed by atoms with Crippen molar-refractivity contribution in [1.82, 2.24) is 0 Å². The van der Waals surface area contributed by atoms with E-state index in [0.29, 0.717) is 18.7 Å². The predicted molar refractivity (Wildman–Crippen MR) is 102 cm³/mol. The van der Waals surface area contributed by atoms with E-state index in [4.69, 9.17) is 27.9 Å². The van der Waals surface area contributed by atoms with E-state index >= 15 is 0 Å². The topological polar surface area (TPSA) is 94.6 Å². The number of alkyl halides is 1. The molecule has 148 valence electrons. The van der Waals surface area contributed by atoms with Crippen LogP contribution < -0.4 is 4.74 Å². The molecule has 27 heavy (non-hydrogen) atoms. The molecule has 0 radical (unpaired) electrons. The van der Waals surface area contributed by atoms with Crippen LogP contribution in [0.4, 0.5) is 0 Å². The van der Waals surface area contributed by atoms with Crippen LogP contribution in [0.15, 0.2) is 17.0 Å². The predicted octanol–water partition coefficient (Wildman–Crippen LogP) is 3.26. The largest absolute Gasteiger partial charge is 0.491 e. The van der Waals surface area contributed by atoms with Crippen LogP contribution in [0.2, 0.25) is 5.02 Å². The Balaban J connectivity index is 2.52. The van der Waals surface area contributed by atoms with Crippen molar-refractivity contribution in [2.24, 2.45) is 5.92 Å². The maximum Gasteiger partial charge on any atom is 0.182 e. The normalized spacial score (nSPS) is 15.8. The third kappa shape index (κ3) is 4.70. The minimum absolute atomic E-state index is 0.0961.